The second kappa shape index (κ2) is 57.4. The lowest BCUT2D eigenvalue weighted by Crippen LogP contribution is -2.60. The molecule has 1 heterocycles. The molecule has 1 saturated heterocycles. The molecule has 79 heavy (non-hydrogen) atoms. The number of ether oxygens (including phenoxy) is 3. The van der Waals surface area contributed by atoms with E-state index in [1.54, 1.807) is 6.08 Å². The number of carbonyl (C=O) groups excluding carboxylic acids is 2. The Kier molecular flexibility index (Phi) is 54.3. The molecule has 7 atom stereocenters. The zero-order valence-corrected chi connectivity index (χ0v) is 51.1. The van der Waals surface area contributed by atoms with Crippen LogP contribution < -0.4 is 5.32 Å². The predicted octanol–water partition coefficient (Wildman–Crippen LogP) is 16.4. The summed E-state index contributed by atoms with van der Waals surface area (Å²) in [5, 5.41) is 54.5. The molecule has 0 saturated carbocycles. The fourth-order valence-electron chi connectivity index (χ4n) is 10.3. The summed E-state index contributed by atoms with van der Waals surface area (Å²) in [6.45, 7) is 4.32. The summed E-state index contributed by atoms with van der Waals surface area (Å²) in [7, 11) is 0. The van der Waals surface area contributed by atoms with Crippen LogP contribution in [0.1, 0.15) is 309 Å². The highest BCUT2D eigenvalue weighted by Gasteiger charge is 2.44. The van der Waals surface area contributed by atoms with Gasteiger partial charge >= 0.3 is 5.97 Å². The zero-order chi connectivity index (χ0) is 57.3. The standard InChI is InChI=1S/C68H125NO10/c1-3-5-7-9-11-13-15-16-28-31-35-38-42-46-50-54-61(71)60(59-78-68-67(76)66(75)65(74)62(58-70)79-68)69-63(72)55-51-47-43-39-36-32-29-26-24-22-20-18-17-19-21-23-25-27-30-33-37-41-45-49-53-57-77-64(73)56-52-48-44-40-34-14-12-10-8-6-4-2/h15-16,18,20,35,38,50,54,60-62,65-68,70-71,74-76H,3-14,17,19,21-34,36-37,39-49,51-53,55-59H2,1-2H3,(H,69,72)/b16-15+,20-18-,38-35+,54-50+. The van der Waals surface area contributed by atoms with E-state index in [9.17, 15) is 35.1 Å². The summed E-state index contributed by atoms with van der Waals surface area (Å²) in [6.07, 6.45) is 63.6. The highest BCUT2D eigenvalue weighted by Crippen LogP contribution is 2.23. The largest absolute Gasteiger partial charge is 0.466 e. The normalized spacial score (nSPS) is 18.7. The third-order valence-electron chi connectivity index (χ3n) is 15.6. The number of hydrogen-bond donors (Lipinski definition) is 6. The lowest BCUT2D eigenvalue weighted by atomic mass is 9.99. The second-order valence-corrected chi connectivity index (χ2v) is 23.2. The molecular formula is C68H125NO10. The van der Waals surface area contributed by atoms with Crippen LogP contribution in [0.15, 0.2) is 48.6 Å². The minimum atomic E-state index is -1.58. The lowest BCUT2D eigenvalue weighted by Gasteiger charge is -2.40. The van der Waals surface area contributed by atoms with Gasteiger partial charge in [0.25, 0.3) is 0 Å². The smallest absolute Gasteiger partial charge is 0.305 e. The number of unbranched alkanes of at least 4 members (excludes halogenated alkanes) is 38. The fraction of sp³-hybridized carbons (Fsp3) is 0.853. The van der Waals surface area contributed by atoms with E-state index >= 15 is 0 Å². The Morgan fingerprint density at radius 2 is 0.823 bits per heavy atom. The molecule has 0 spiro atoms. The van der Waals surface area contributed by atoms with Crippen molar-refractivity contribution in [1.29, 1.82) is 0 Å². The fourth-order valence-corrected chi connectivity index (χ4v) is 10.3. The molecular weight excluding hydrogens is 991 g/mol. The summed E-state index contributed by atoms with van der Waals surface area (Å²) in [5.74, 6) is -0.197. The van der Waals surface area contributed by atoms with Gasteiger partial charge in [-0.15, -0.1) is 0 Å². The number of carbonyl (C=O) groups is 2. The van der Waals surface area contributed by atoms with Crippen LogP contribution in [-0.4, -0.2) is 100 Å². The van der Waals surface area contributed by atoms with E-state index < -0.39 is 49.5 Å². The van der Waals surface area contributed by atoms with E-state index in [0.717, 1.165) is 77.0 Å². The second-order valence-electron chi connectivity index (χ2n) is 23.2. The molecule has 6 N–H and O–H groups in total. The molecule has 11 heteroatoms. The molecule has 0 aliphatic carbocycles. The van der Waals surface area contributed by atoms with Crippen LogP contribution in [0, 0.1) is 0 Å². The van der Waals surface area contributed by atoms with E-state index in [1.165, 1.54) is 205 Å². The molecule has 0 aromatic rings. The van der Waals surface area contributed by atoms with Gasteiger partial charge in [0.15, 0.2) is 6.29 Å². The van der Waals surface area contributed by atoms with Gasteiger partial charge in [-0.05, 0) is 83.5 Å². The van der Waals surface area contributed by atoms with E-state index in [4.69, 9.17) is 14.2 Å². The number of esters is 1. The van der Waals surface area contributed by atoms with E-state index in [1.807, 2.05) is 6.08 Å². The van der Waals surface area contributed by atoms with E-state index in [2.05, 4.69) is 55.6 Å². The third-order valence-corrected chi connectivity index (χ3v) is 15.6. The maximum atomic E-state index is 13.1. The molecule has 1 aliphatic heterocycles. The Labute approximate surface area is 485 Å². The van der Waals surface area contributed by atoms with Crippen molar-refractivity contribution >= 4 is 11.9 Å². The predicted molar refractivity (Wildman–Crippen MR) is 329 cm³/mol. The number of nitrogens with one attached hydrogen (secondary N) is 1. The summed E-state index contributed by atoms with van der Waals surface area (Å²) in [4.78, 5) is 25.1. The molecule has 1 amide bonds. The highest BCUT2D eigenvalue weighted by molar-refractivity contribution is 5.76. The molecule has 0 bridgehead atoms. The van der Waals surface area contributed by atoms with Gasteiger partial charge in [-0.2, -0.15) is 0 Å². The van der Waals surface area contributed by atoms with Crippen molar-refractivity contribution in [3.05, 3.63) is 48.6 Å². The molecule has 11 nitrogen and oxygen atoms in total. The molecule has 462 valence electrons. The minimum absolute atomic E-state index is 0.00187. The number of allylic oxidation sites excluding steroid dienone is 7. The van der Waals surface area contributed by atoms with Crippen LogP contribution in [0.3, 0.4) is 0 Å². The molecule has 1 rings (SSSR count). The molecule has 0 aromatic carbocycles. The molecule has 1 aliphatic rings. The SMILES string of the molecule is CCCCCCC/C=C/CC/C=C/CC/C=C/C(O)C(COC1OC(CO)C(O)C(O)C1O)NC(=O)CCCCCCCCCCC/C=C\CCCCCCCCCCCCCCOC(=O)CCCCCCCCCCCCC. The monoisotopic (exact) mass is 1120 g/mol. The van der Waals surface area contributed by atoms with Crippen LogP contribution in [-0.2, 0) is 23.8 Å². The molecule has 7 unspecified atom stereocenters. The lowest BCUT2D eigenvalue weighted by molar-refractivity contribution is -0.302. The average Bonchev–Trinajstić information content (AvgIpc) is 3.50. The molecule has 0 aromatic heterocycles. The van der Waals surface area contributed by atoms with Crippen molar-refractivity contribution < 1.29 is 49.3 Å². The Balaban J connectivity index is 2.06. The van der Waals surface area contributed by atoms with Crippen LogP contribution in [0.2, 0.25) is 0 Å². The summed E-state index contributed by atoms with van der Waals surface area (Å²) < 4.78 is 16.7. The first kappa shape index (κ1) is 74.6. The number of aliphatic hydroxyl groups excluding tert-OH is 5. The van der Waals surface area contributed by atoms with Crippen LogP contribution in [0.5, 0.6) is 0 Å². The number of hydrogen-bond acceptors (Lipinski definition) is 10. The van der Waals surface area contributed by atoms with Gasteiger partial charge < -0.3 is 45.1 Å². The van der Waals surface area contributed by atoms with Crippen molar-refractivity contribution in [2.75, 3.05) is 19.8 Å². The zero-order valence-electron chi connectivity index (χ0n) is 51.1. The van der Waals surface area contributed by atoms with Gasteiger partial charge in [0.1, 0.15) is 24.4 Å². The Morgan fingerprint density at radius 3 is 1.25 bits per heavy atom. The minimum Gasteiger partial charge on any atom is -0.466 e. The van der Waals surface area contributed by atoms with Gasteiger partial charge in [0.2, 0.25) is 5.91 Å². The first-order valence-corrected chi connectivity index (χ1v) is 33.4. The van der Waals surface area contributed by atoms with E-state index in [0.29, 0.717) is 19.4 Å². The number of amides is 1. The number of aliphatic hydroxyl groups is 5. The van der Waals surface area contributed by atoms with Gasteiger partial charge in [0, 0.05) is 12.8 Å². The highest BCUT2D eigenvalue weighted by atomic mass is 16.7. The van der Waals surface area contributed by atoms with Crippen LogP contribution in [0.4, 0.5) is 0 Å². The Morgan fingerprint density at radius 1 is 0.456 bits per heavy atom. The first-order chi connectivity index (χ1) is 38.7. The third kappa shape index (κ3) is 46.8. The van der Waals surface area contributed by atoms with Crippen LogP contribution in [0.25, 0.3) is 0 Å². The van der Waals surface area contributed by atoms with Crippen molar-refractivity contribution in [2.24, 2.45) is 0 Å². The van der Waals surface area contributed by atoms with Gasteiger partial charge in [0.05, 0.1) is 32.0 Å². The summed E-state index contributed by atoms with van der Waals surface area (Å²) in [5.41, 5.74) is 0. The maximum Gasteiger partial charge on any atom is 0.305 e. The average molecular weight is 1120 g/mol. The van der Waals surface area contributed by atoms with Gasteiger partial charge in [-0.3, -0.25) is 9.59 Å². The Bertz CT molecular complexity index is 1450. The first-order valence-electron chi connectivity index (χ1n) is 33.4. The maximum absolute atomic E-state index is 13.1. The van der Waals surface area contributed by atoms with Crippen LogP contribution >= 0.6 is 0 Å². The summed E-state index contributed by atoms with van der Waals surface area (Å²) >= 11 is 0. The van der Waals surface area contributed by atoms with Crippen molar-refractivity contribution in [1.82, 2.24) is 5.32 Å². The Hall–Kier alpha value is -2.38. The molecule has 0 radical (unpaired) electrons. The number of rotatable bonds is 58. The quantitative estimate of drug-likeness (QED) is 0.0195. The van der Waals surface area contributed by atoms with Crippen molar-refractivity contribution in [3.63, 3.8) is 0 Å². The van der Waals surface area contributed by atoms with Gasteiger partial charge in [-0.25, -0.2) is 0 Å². The van der Waals surface area contributed by atoms with Gasteiger partial charge in [-0.1, -0.05) is 262 Å². The van der Waals surface area contributed by atoms with Crippen molar-refractivity contribution in [3.8, 4) is 0 Å². The van der Waals surface area contributed by atoms with E-state index in [-0.39, 0.29) is 18.5 Å². The molecule has 1 fully saturated rings. The summed E-state index contributed by atoms with van der Waals surface area (Å²) in [6, 6.07) is -0.838. The van der Waals surface area contributed by atoms with Crippen molar-refractivity contribution in [2.45, 2.75) is 352 Å². The topological polar surface area (TPSA) is 175 Å².